The van der Waals surface area contributed by atoms with Gasteiger partial charge in [-0.1, -0.05) is 30.3 Å². The van der Waals surface area contributed by atoms with Crippen molar-refractivity contribution >= 4 is 21.8 Å². The Kier molecular flexibility index (Phi) is 7.24. The zero-order valence-electron chi connectivity index (χ0n) is 14.1. The molecule has 0 aromatic heterocycles. The van der Waals surface area contributed by atoms with Crippen molar-refractivity contribution in [2.75, 3.05) is 27.8 Å². The topological polar surface area (TPSA) is 80.0 Å². The van der Waals surface area contributed by atoms with E-state index in [0.717, 1.165) is 11.1 Å². The molecule has 0 fully saturated rings. The van der Waals surface area contributed by atoms with Crippen LogP contribution in [0, 0.1) is 0 Å². The van der Waals surface area contributed by atoms with E-state index in [1.165, 1.54) is 14.2 Å². The Morgan fingerprint density at radius 3 is 2.20 bits per heavy atom. The van der Waals surface area contributed by atoms with E-state index in [0.29, 0.717) is 21.5 Å². The predicted molar refractivity (Wildman–Crippen MR) is 97.5 cm³/mol. The Morgan fingerprint density at radius 2 is 1.64 bits per heavy atom. The summed E-state index contributed by atoms with van der Waals surface area (Å²) in [6.07, 6.45) is 0.0261. The molecule has 7 heteroatoms. The lowest BCUT2D eigenvalue weighted by atomic mass is 9.96. The molecule has 0 atom stereocenters. The number of nitrogens with two attached hydrogens (primary N) is 1. The van der Waals surface area contributed by atoms with Gasteiger partial charge in [-0.15, -0.1) is 0 Å². The van der Waals surface area contributed by atoms with Crippen molar-refractivity contribution in [3.8, 4) is 22.6 Å². The maximum absolute atomic E-state index is 11.6. The van der Waals surface area contributed by atoms with E-state index in [2.05, 4.69) is 15.9 Å². The summed E-state index contributed by atoms with van der Waals surface area (Å²) < 4.78 is 21.9. The Morgan fingerprint density at radius 1 is 1.04 bits per heavy atom. The smallest absolute Gasteiger partial charge is 0.221 e. The van der Waals surface area contributed by atoms with Gasteiger partial charge in [-0.2, -0.15) is 0 Å². The third-order valence-corrected chi connectivity index (χ3v) is 4.24. The summed E-state index contributed by atoms with van der Waals surface area (Å²) in [6.45, 7) is 0.115. The summed E-state index contributed by atoms with van der Waals surface area (Å²) in [5, 5.41) is 0. The first-order valence-electron chi connectivity index (χ1n) is 7.51. The van der Waals surface area contributed by atoms with Gasteiger partial charge in [-0.05, 0) is 27.1 Å². The monoisotopic (exact) mass is 409 g/mol. The van der Waals surface area contributed by atoms with Crippen molar-refractivity contribution in [1.82, 2.24) is 0 Å². The van der Waals surface area contributed by atoms with Gasteiger partial charge < -0.3 is 24.7 Å². The highest BCUT2D eigenvalue weighted by atomic mass is 79.9. The van der Waals surface area contributed by atoms with Gasteiger partial charge in [-0.3, -0.25) is 4.79 Å². The summed E-state index contributed by atoms with van der Waals surface area (Å²) >= 11 is 3.52. The van der Waals surface area contributed by atoms with Crippen molar-refractivity contribution in [2.45, 2.75) is 6.42 Å². The molecule has 0 aliphatic carbocycles. The molecule has 2 rings (SSSR count). The van der Waals surface area contributed by atoms with Crippen LogP contribution in [0.2, 0.25) is 0 Å². The molecule has 0 heterocycles. The highest BCUT2D eigenvalue weighted by Crippen LogP contribution is 2.43. The first-order chi connectivity index (χ1) is 12.1. The summed E-state index contributed by atoms with van der Waals surface area (Å²) in [5.74, 6) is 0.557. The lowest BCUT2D eigenvalue weighted by molar-refractivity contribution is -0.117. The van der Waals surface area contributed by atoms with Crippen LogP contribution in [0.5, 0.6) is 11.5 Å². The second kappa shape index (κ2) is 9.41. The molecule has 0 aliphatic rings. The van der Waals surface area contributed by atoms with E-state index in [4.69, 9.17) is 24.7 Å². The van der Waals surface area contributed by atoms with Gasteiger partial charge >= 0.3 is 0 Å². The molecule has 6 nitrogen and oxygen atoms in total. The number of amides is 1. The second-order valence-corrected chi connectivity index (χ2v) is 5.94. The van der Waals surface area contributed by atoms with Crippen LogP contribution in [0.15, 0.2) is 40.9 Å². The van der Waals surface area contributed by atoms with Crippen LogP contribution in [-0.2, 0) is 20.7 Å². The lowest BCUT2D eigenvalue weighted by Gasteiger charge is -2.19. The molecule has 0 saturated carbocycles. The van der Waals surface area contributed by atoms with Crippen LogP contribution in [-0.4, -0.2) is 33.7 Å². The summed E-state index contributed by atoms with van der Waals surface area (Å²) in [7, 11) is 3.06. The molecule has 1 amide bonds. The normalized spacial score (nSPS) is 10.5. The van der Waals surface area contributed by atoms with Crippen LogP contribution in [0.1, 0.15) is 5.56 Å². The maximum Gasteiger partial charge on any atom is 0.221 e. The second-order valence-electron chi connectivity index (χ2n) is 5.15. The number of carbonyl (C=O) groups excluding carboxylic acids is 1. The number of rotatable bonds is 9. The number of hydrogen-bond donors (Lipinski definition) is 1. The van der Waals surface area contributed by atoms with Crippen molar-refractivity contribution in [1.29, 1.82) is 0 Å². The molecule has 25 heavy (non-hydrogen) atoms. The first-order valence-corrected chi connectivity index (χ1v) is 8.30. The third kappa shape index (κ3) is 4.94. The number of methoxy groups -OCH3 is 2. The Hall–Kier alpha value is -2.09. The fourth-order valence-corrected chi connectivity index (χ4v) is 2.95. The van der Waals surface area contributed by atoms with E-state index in [1.807, 2.05) is 30.3 Å². The van der Waals surface area contributed by atoms with Gasteiger partial charge in [0.1, 0.15) is 11.5 Å². The van der Waals surface area contributed by atoms with Crippen LogP contribution in [0.25, 0.3) is 11.1 Å². The average Bonchev–Trinajstić information content (AvgIpc) is 2.61. The molecule has 0 bridgehead atoms. The molecule has 0 unspecified atom stereocenters. The predicted octanol–water partition coefficient (Wildman–Crippen LogP) is 3.11. The quantitative estimate of drug-likeness (QED) is 0.643. The fourth-order valence-electron chi connectivity index (χ4n) is 2.39. The van der Waals surface area contributed by atoms with E-state index in [9.17, 15) is 4.79 Å². The Balaban J connectivity index is 2.66. The number of halogens is 1. The number of benzene rings is 2. The summed E-state index contributed by atoms with van der Waals surface area (Å²) in [4.78, 5) is 11.6. The number of hydrogen-bond acceptors (Lipinski definition) is 5. The minimum atomic E-state index is -0.459. The van der Waals surface area contributed by atoms with Crippen LogP contribution in [0.3, 0.4) is 0 Å². The minimum Gasteiger partial charge on any atom is -0.467 e. The molecular formula is C18H20BrNO5. The van der Waals surface area contributed by atoms with E-state index >= 15 is 0 Å². The van der Waals surface area contributed by atoms with Crippen molar-refractivity contribution in [3.63, 3.8) is 0 Å². The largest absolute Gasteiger partial charge is 0.467 e. The highest BCUT2D eigenvalue weighted by molar-refractivity contribution is 9.10. The summed E-state index contributed by atoms with van der Waals surface area (Å²) in [6, 6.07) is 11.3. The molecule has 134 valence electrons. The van der Waals surface area contributed by atoms with E-state index in [-0.39, 0.29) is 20.0 Å². The maximum atomic E-state index is 11.6. The minimum absolute atomic E-state index is 0.0261. The molecule has 2 aromatic rings. The molecule has 0 radical (unpaired) electrons. The number of ether oxygens (including phenoxy) is 4. The zero-order chi connectivity index (χ0) is 18.2. The van der Waals surface area contributed by atoms with Crippen molar-refractivity contribution in [2.24, 2.45) is 5.73 Å². The van der Waals surface area contributed by atoms with Gasteiger partial charge in [0, 0.05) is 25.8 Å². The van der Waals surface area contributed by atoms with Crippen molar-refractivity contribution in [3.05, 3.63) is 46.4 Å². The van der Waals surface area contributed by atoms with Gasteiger partial charge in [0.25, 0.3) is 0 Å². The number of primary amides is 1. The fraction of sp³-hybridized carbons (Fsp3) is 0.278. The zero-order valence-corrected chi connectivity index (χ0v) is 15.7. The van der Waals surface area contributed by atoms with Gasteiger partial charge in [0.2, 0.25) is 5.91 Å². The average molecular weight is 410 g/mol. The van der Waals surface area contributed by atoms with Gasteiger partial charge in [0.15, 0.2) is 13.6 Å². The molecule has 0 spiro atoms. The molecule has 2 N–H and O–H groups in total. The van der Waals surface area contributed by atoms with E-state index < -0.39 is 5.91 Å². The standard InChI is InChI=1S/C18H20BrNO5/c1-22-10-24-14-9-15(25-11-23-2)18(19)13(8-16(20)21)17(14)12-6-4-3-5-7-12/h3-7,9H,8,10-11H2,1-2H3,(H2,20,21). The lowest BCUT2D eigenvalue weighted by Crippen LogP contribution is -2.16. The number of carbonyl (C=O) groups is 1. The molecule has 0 aliphatic heterocycles. The molecule has 0 saturated heterocycles. The van der Waals surface area contributed by atoms with Gasteiger partial charge in [-0.25, -0.2) is 0 Å². The van der Waals surface area contributed by atoms with Gasteiger partial charge in [0.05, 0.1) is 10.9 Å². The van der Waals surface area contributed by atoms with E-state index in [1.54, 1.807) is 6.07 Å². The molecule has 2 aromatic carbocycles. The van der Waals surface area contributed by atoms with Crippen LogP contribution < -0.4 is 15.2 Å². The Labute approximate surface area is 155 Å². The summed E-state index contributed by atoms with van der Waals surface area (Å²) in [5.41, 5.74) is 7.78. The highest BCUT2D eigenvalue weighted by Gasteiger charge is 2.21. The molecular weight excluding hydrogens is 390 g/mol. The van der Waals surface area contributed by atoms with Crippen molar-refractivity contribution < 1.29 is 23.7 Å². The Bertz CT molecular complexity index is 721. The first kappa shape index (κ1) is 19.2. The van der Waals surface area contributed by atoms with Crippen LogP contribution in [0.4, 0.5) is 0 Å². The SMILES string of the molecule is COCOc1cc(OCOC)c(-c2ccccc2)c(CC(N)=O)c1Br. The van der Waals surface area contributed by atoms with Crippen LogP contribution >= 0.6 is 15.9 Å². The third-order valence-electron chi connectivity index (χ3n) is 3.37.